The molecule has 10 heavy (non-hydrogen) atoms. The first kappa shape index (κ1) is 10.2. The molecule has 60 valence electrons. The van der Waals surface area contributed by atoms with E-state index in [1.165, 1.54) is 19.3 Å². The van der Waals surface area contributed by atoms with Gasteiger partial charge in [0.1, 0.15) is 0 Å². The first-order valence-corrected chi connectivity index (χ1v) is 4.74. The molecule has 0 unspecified atom stereocenters. The van der Waals surface area contributed by atoms with Crippen molar-refractivity contribution in [1.82, 2.24) is 0 Å². The molecule has 0 aliphatic carbocycles. The predicted octanol–water partition coefficient (Wildman–Crippen LogP) is 2.75. The molecule has 0 aromatic rings. The van der Waals surface area contributed by atoms with Gasteiger partial charge in [-0.25, -0.2) is 0 Å². The summed E-state index contributed by atoms with van der Waals surface area (Å²) in [5.41, 5.74) is 0. The summed E-state index contributed by atoms with van der Waals surface area (Å²) in [7, 11) is 1.71. The zero-order valence-corrected chi connectivity index (χ0v) is 8.06. The maximum Gasteiger partial charge on any atom is 0.0643 e. The molecule has 0 amide bonds. The normalized spacial score (nSPS) is 11.0. The van der Waals surface area contributed by atoms with Gasteiger partial charge in [-0.3, -0.25) is 0 Å². The molecule has 0 aromatic heterocycles. The lowest BCUT2D eigenvalue weighted by Crippen LogP contribution is -1.80. The van der Waals surface area contributed by atoms with Crippen LogP contribution in [0.5, 0.6) is 0 Å². The van der Waals surface area contributed by atoms with Crippen LogP contribution in [-0.2, 0) is 4.74 Å². The zero-order chi connectivity index (χ0) is 7.66. The first-order chi connectivity index (χ1) is 4.91. The molecule has 2 heteroatoms. The van der Waals surface area contributed by atoms with Gasteiger partial charge < -0.3 is 4.74 Å². The van der Waals surface area contributed by atoms with Gasteiger partial charge in [-0.2, -0.15) is 0 Å². The van der Waals surface area contributed by atoms with E-state index in [4.69, 9.17) is 4.74 Å². The summed E-state index contributed by atoms with van der Waals surface area (Å²) in [5, 5.41) is 1.12. The third-order valence-electron chi connectivity index (χ3n) is 1.18. The standard InChI is InChI=1S/C8H15BrO/c1-10-8-6-4-2-3-5-7-9/h4,6H,2-3,5,7-8H2,1H3/b6-4+. The Labute approximate surface area is 71.6 Å². The number of hydrogen-bond acceptors (Lipinski definition) is 1. The summed E-state index contributed by atoms with van der Waals surface area (Å²) >= 11 is 3.38. The minimum Gasteiger partial charge on any atom is -0.381 e. The minimum absolute atomic E-state index is 0.744. The van der Waals surface area contributed by atoms with Crippen molar-refractivity contribution in [2.45, 2.75) is 19.3 Å². The van der Waals surface area contributed by atoms with Crippen LogP contribution in [0.2, 0.25) is 0 Å². The van der Waals surface area contributed by atoms with Crippen molar-refractivity contribution >= 4 is 15.9 Å². The molecule has 0 bridgehead atoms. The predicted molar refractivity (Wildman–Crippen MR) is 48.7 cm³/mol. The molecule has 0 aliphatic rings. The molecule has 0 aliphatic heterocycles. The monoisotopic (exact) mass is 206 g/mol. The van der Waals surface area contributed by atoms with E-state index in [0.29, 0.717) is 0 Å². The molecule has 0 aromatic carbocycles. The fourth-order valence-electron chi connectivity index (χ4n) is 0.639. The van der Waals surface area contributed by atoms with Crippen LogP contribution >= 0.6 is 15.9 Å². The van der Waals surface area contributed by atoms with Crippen molar-refractivity contribution in [2.24, 2.45) is 0 Å². The molecular formula is C8H15BrO. The maximum atomic E-state index is 4.85. The topological polar surface area (TPSA) is 9.23 Å². The van der Waals surface area contributed by atoms with Crippen molar-refractivity contribution in [3.8, 4) is 0 Å². The Bertz CT molecular complexity index is 81.3. The number of ether oxygens (including phenoxy) is 1. The fourth-order valence-corrected chi connectivity index (χ4v) is 1.04. The number of alkyl halides is 1. The molecule has 0 N–H and O–H groups in total. The van der Waals surface area contributed by atoms with Crippen molar-refractivity contribution in [1.29, 1.82) is 0 Å². The van der Waals surface area contributed by atoms with Crippen LogP contribution in [0.1, 0.15) is 19.3 Å². The van der Waals surface area contributed by atoms with Crippen molar-refractivity contribution in [3.05, 3.63) is 12.2 Å². The number of rotatable bonds is 6. The van der Waals surface area contributed by atoms with E-state index in [1.54, 1.807) is 7.11 Å². The average Bonchev–Trinajstić information content (AvgIpc) is 1.97. The van der Waals surface area contributed by atoms with E-state index >= 15 is 0 Å². The highest BCUT2D eigenvalue weighted by Crippen LogP contribution is 1.98. The Morgan fingerprint density at radius 3 is 2.70 bits per heavy atom. The average molecular weight is 207 g/mol. The van der Waals surface area contributed by atoms with E-state index in [9.17, 15) is 0 Å². The number of hydrogen-bond donors (Lipinski definition) is 0. The van der Waals surface area contributed by atoms with Crippen LogP contribution < -0.4 is 0 Å². The molecule has 0 radical (unpaired) electrons. The molecule has 0 atom stereocenters. The largest absolute Gasteiger partial charge is 0.381 e. The van der Waals surface area contributed by atoms with E-state index in [-0.39, 0.29) is 0 Å². The third-order valence-corrected chi connectivity index (χ3v) is 1.74. The number of allylic oxidation sites excluding steroid dienone is 1. The van der Waals surface area contributed by atoms with Crippen LogP contribution in [0.3, 0.4) is 0 Å². The van der Waals surface area contributed by atoms with E-state index in [1.807, 2.05) is 0 Å². The van der Waals surface area contributed by atoms with Gasteiger partial charge in [0.05, 0.1) is 6.61 Å². The quantitative estimate of drug-likeness (QED) is 0.369. The number of methoxy groups -OCH3 is 1. The second-order valence-electron chi connectivity index (χ2n) is 2.11. The lowest BCUT2D eigenvalue weighted by atomic mass is 10.2. The highest BCUT2D eigenvalue weighted by atomic mass is 79.9. The highest BCUT2D eigenvalue weighted by Gasteiger charge is 1.81. The van der Waals surface area contributed by atoms with Crippen molar-refractivity contribution in [2.75, 3.05) is 19.0 Å². The zero-order valence-electron chi connectivity index (χ0n) is 6.48. The van der Waals surface area contributed by atoms with Gasteiger partial charge in [-0.05, 0) is 19.3 Å². The number of halogens is 1. The van der Waals surface area contributed by atoms with Gasteiger partial charge in [0.2, 0.25) is 0 Å². The van der Waals surface area contributed by atoms with Crippen LogP contribution in [0.4, 0.5) is 0 Å². The number of unbranched alkanes of at least 4 members (excludes halogenated alkanes) is 2. The summed E-state index contributed by atoms with van der Waals surface area (Å²) in [6, 6.07) is 0. The summed E-state index contributed by atoms with van der Waals surface area (Å²) in [6.07, 6.45) is 7.94. The highest BCUT2D eigenvalue weighted by molar-refractivity contribution is 9.09. The Hall–Kier alpha value is 0.180. The van der Waals surface area contributed by atoms with Gasteiger partial charge in [-0.1, -0.05) is 28.1 Å². The van der Waals surface area contributed by atoms with Gasteiger partial charge in [0.15, 0.2) is 0 Å². The Kier molecular flexibility index (Phi) is 9.35. The van der Waals surface area contributed by atoms with Crippen LogP contribution in [0.15, 0.2) is 12.2 Å². The Balaban J connectivity index is 2.88. The lowest BCUT2D eigenvalue weighted by molar-refractivity contribution is 0.233. The minimum atomic E-state index is 0.744. The Morgan fingerprint density at radius 2 is 2.10 bits per heavy atom. The van der Waals surface area contributed by atoms with E-state index in [0.717, 1.165) is 11.9 Å². The molecule has 0 saturated carbocycles. The summed E-state index contributed by atoms with van der Waals surface area (Å²) in [4.78, 5) is 0. The summed E-state index contributed by atoms with van der Waals surface area (Å²) in [5.74, 6) is 0. The van der Waals surface area contributed by atoms with E-state index < -0.39 is 0 Å². The van der Waals surface area contributed by atoms with Gasteiger partial charge in [0.25, 0.3) is 0 Å². The second-order valence-corrected chi connectivity index (χ2v) is 2.90. The Morgan fingerprint density at radius 1 is 1.30 bits per heavy atom. The first-order valence-electron chi connectivity index (χ1n) is 3.61. The SMILES string of the molecule is COC/C=C/CCCCBr. The van der Waals surface area contributed by atoms with Crippen molar-refractivity contribution < 1.29 is 4.74 Å². The molecule has 0 saturated heterocycles. The second kappa shape index (κ2) is 9.18. The maximum absolute atomic E-state index is 4.85. The fraction of sp³-hybridized carbons (Fsp3) is 0.750. The molecular weight excluding hydrogens is 192 g/mol. The summed E-state index contributed by atoms with van der Waals surface area (Å²) < 4.78 is 4.85. The molecule has 0 heterocycles. The van der Waals surface area contributed by atoms with Gasteiger partial charge in [0, 0.05) is 12.4 Å². The van der Waals surface area contributed by atoms with Crippen LogP contribution in [0.25, 0.3) is 0 Å². The van der Waals surface area contributed by atoms with Gasteiger partial charge in [-0.15, -0.1) is 0 Å². The lowest BCUT2D eigenvalue weighted by Gasteiger charge is -1.90. The van der Waals surface area contributed by atoms with Crippen molar-refractivity contribution in [3.63, 3.8) is 0 Å². The molecule has 0 rings (SSSR count). The summed E-state index contributed by atoms with van der Waals surface area (Å²) in [6.45, 7) is 0.744. The molecule has 0 spiro atoms. The smallest absolute Gasteiger partial charge is 0.0643 e. The third kappa shape index (κ3) is 8.18. The van der Waals surface area contributed by atoms with E-state index in [2.05, 4.69) is 28.1 Å². The van der Waals surface area contributed by atoms with Crippen LogP contribution in [-0.4, -0.2) is 19.0 Å². The molecule has 0 fully saturated rings. The van der Waals surface area contributed by atoms with Crippen LogP contribution in [0, 0.1) is 0 Å². The van der Waals surface area contributed by atoms with Gasteiger partial charge >= 0.3 is 0 Å². The molecule has 1 nitrogen and oxygen atoms in total.